The molecule has 8 heteroatoms. The van der Waals surface area contributed by atoms with Crippen molar-refractivity contribution >= 4 is 22.9 Å². The summed E-state index contributed by atoms with van der Waals surface area (Å²) < 4.78 is 15.6. The Hall–Kier alpha value is -2.58. The Morgan fingerprint density at radius 3 is 3.00 bits per heavy atom. The smallest absolute Gasteiger partial charge is 0.275 e. The van der Waals surface area contributed by atoms with Crippen LogP contribution in [0, 0.1) is 5.82 Å². The maximum Gasteiger partial charge on any atom is 0.275 e. The molecule has 3 aromatic rings. The fourth-order valence-electron chi connectivity index (χ4n) is 2.11. The van der Waals surface area contributed by atoms with Gasteiger partial charge in [0.25, 0.3) is 5.91 Å². The van der Waals surface area contributed by atoms with Crippen LogP contribution in [0.25, 0.3) is 10.6 Å². The van der Waals surface area contributed by atoms with E-state index < -0.39 is 11.7 Å². The van der Waals surface area contributed by atoms with Crippen molar-refractivity contribution < 1.29 is 14.3 Å². The topological polar surface area (TPSA) is 80.0 Å². The normalized spacial score (nSPS) is 10.7. The number of nitrogens with zero attached hydrogens (tertiary/aromatic N) is 3. The second-order valence-electron chi connectivity index (χ2n) is 4.83. The number of thiazole rings is 1. The van der Waals surface area contributed by atoms with Crippen molar-refractivity contribution in [2.24, 2.45) is 7.05 Å². The number of aryl methyl sites for hydroxylation is 1. The van der Waals surface area contributed by atoms with Crippen molar-refractivity contribution in [2.45, 2.75) is 6.61 Å². The molecule has 0 unspecified atom stereocenters. The molecular weight excluding hydrogens is 319 g/mol. The molecule has 0 saturated heterocycles. The quantitative estimate of drug-likeness (QED) is 0.769. The van der Waals surface area contributed by atoms with Gasteiger partial charge in [-0.1, -0.05) is 12.1 Å². The summed E-state index contributed by atoms with van der Waals surface area (Å²) in [4.78, 5) is 16.3. The average molecular weight is 332 g/mol. The number of carbonyl (C=O) groups excluding carboxylic acids is 1. The molecule has 1 amide bonds. The highest BCUT2D eigenvalue weighted by Crippen LogP contribution is 2.30. The van der Waals surface area contributed by atoms with Gasteiger partial charge in [-0.2, -0.15) is 5.10 Å². The predicted octanol–water partition coefficient (Wildman–Crippen LogP) is 2.43. The summed E-state index contributed by atoms with van der Waals surface area (Å²) >= 11 is 1.15. The highest BCUT2D eigenvalue weighted by atomic mass is 32.1. The molecule has 118 valence electrons. The summed E-state index contributed by atoms with van der Waals surface area (Å²) in [6, 6.07) is 4.44. The third kappa shape index (κ3) is 3.13. The number of hydrogen-bond acceptors (Lipinski definition) is 5. The summed E-state index contributed by atoms with van der Waals surface area (Å²) in [6.45, 7) is -0.302. The number of carbonyl (C=O) groups is 1. The largest absolute Gasteiger partial charge is 0.392 e. The second kappa shape index (κ2) is 6.27. The number of anilines is 1. The molecule has 6 nitrogen and oxygen atoms in total. The molecule has 1 aromatic carbocycles. The van der Waals surface area contributed by atoms with Crippen molar-refractivity contribution in [1.29, 1.82) is 0 Å². The lowest BCUT2D eigenvalue weighted by Gasteiger charge is -2.05. The first kappa shape index (κ1) is 15.3. The molecule has 0 fully saturated rings. The number of benzene rings is 1. The molecule has 0 saturated carbocycles. The van der Waals surface area contributed by atoms with E-state index in [0.717, 1.165) is 11.3 Å². The van der Waals surface area contributed by atoms with E-state index in [1.807, 2.05) is 0 Å². The van der Waals surface area contributed by atoms with E-state index >= 15 is 0 Å². The molecule has 0 aliphatic rings. The number of aliphatic hydroxyl groups excluding tert-OH is 1. The molecule has 0 aliphatic heterocycles. The van der Waals surface area contributed by atoms with Crippen molar-refractivity contribution in [2.75, 3.05) is 5.32 Å². The van der Waals surface area contributed by atoms with E-state index in [9.17, 15) is 14.3 Å². The highest BCUT2D eigenvalue weighted by molar-refractivity contribution is 7.13. The Bertz CT molecular complexity index is 859. The van der Waals surface area contributed by atoms with Crippen LogP contribution in [0.2, 0.25) is 0 Å². The van der Waals surface area contributed by atoms with Crippen molar-refractivity contribution in [1.82, 2.24) is 14.8 Å². The van der Waals surface area contributed by atoms with Crippen molar-refractivity contribution in [3.8, 4) is 10.6 Å². The van der Waals surface area contributed by atoms with Gasteiger partial charge in [-0.3, -0.25) is 9.48 Å². The van der Waals surface area contributed by atoms with Crippen LogP contribution in [-0.4, -0.2) is 25.8 Å². The van der Waals surface area contributed by atoms with Crippen molar-refractivity contribution in [3.63, 3.8) is 0 Å². The molecule has 2 N–H and O–H groups in total. The van der Waals surface area contributed by atoms with Gasteiger partial charge in [-0.15, -0.1) is 11.3 Å². The van der Waals surface area contributed by atoms with E-state index in [1.54, 1.807) is 29.4 Å². The van der Waals surface area contributed by atoms with Crippen LogP contribution in [0.4, 0.5) is 10.1 Å². The van der Waals surface area contributed by atoms with Gasteiger partial charge in [-0.25, -0.2) is 9.37 Å². The fourth-order valence-corrected chi connectivity index (χ4v) is 2.99. The monoisotopic (exact) mass is 332 g/mol. The summed E-state index contributed by atoms with van der Waals surface area (Å²) in [5.41, 5.74) is 1.38. The molecule has 0 radical (unpaired) electrons. The Balaban J connectivity index is 1.87. The maximum atomic E-state index is 14.0. The number of halogens is 1. The number of aliphatic hydroxyl groups is 1. The highest BCUT2D eigenvalue weighted by Gasteiger charge is 2.17. The summed E-state index contributed by atoms with van der Waals surface area (Å²) in [5.74, 6) is -0.882. The molecule has 0 aliphatic carbocycles. The lowest BCUT2D eigenvalue weighted by molar-refractivity contribution is 0.102. The van der Waals surface area contributed by atoms with E-state index in [1.165, 1.54) is 18.3 Å². The van der Waals surface area contributed by atoms with Crippen LogP contribution >= 0.6 is 11.3 Å². The lowest BCUT2D eigenvalue weighted by Crippen LogP contribution is -2.11. The van der Waals surface area contributed by atoms with E-state index in [-0.39, 0.29) is 17.9 Å². The minimum absolute atomic E-state index is 0.181. The number of hydrogen-bond donors (Lipinski definition) is 2. The van der Waals surface area contributed by atoms with Gasteiger partial charge in [0, 0.05) is 18.6 Å². The van der Waals surface area contributed by atoms with Crippen molar-refractivity contribution in [3.05, 3.63) is 53.0 Å². The third-order valence-corrected chi connectivity index (χ3v) is 4.04. The molecular formula is C15H13FN4O2S. The zero-order valence-electron chi connectivity index (χ0n) is 12.2. The summed E-state index contributed by atoms with van der Waals surface area (Å²) in [6.07, 6.45) is 3.18. The lowest BCUT2D eigenvalue weighted by atomic mass is 10.1. The van der Waals surface area contributed by atoms with Gasteiger partial charge in [0.1, 0.15) is 16.5 Å². The zero-order valence-corrected chi connectivity index (χ0v) is 13.0. The summed E-state index contributed by atoms with van der Waals surface area (Å²) in [5, 5.41) is 17.9. The molecule has 2 heterocycles. The van der Waals surface area contributed by atoms with Crippen LogP contribution in [0.3, 0.4) is 0 Å². The minimum Gasteiger partial charge on any atom is -0.392 e. The zero-order chi connectivity index (χ0) is 16.4. The third-order valence-electron chi connectivity index (χ3n) is 3.18. The van der Waals surface area contributed by atoms with Gasteiger partial charge in [0.15, 0.2) is 0 Å². The van der Waals surface area contributed by atoms with Crippen LogP contribution in [0.15, 0.2) is 36.0 Å². The number of nitrogens with one attached hydrogen (secondary N) is 1. The minimum atomic E-state index is -0.481. The summed E-state index contributed by atoms with van der Waals surface area (Å²) in [7, 11) is 1.74. The Morgan fingerprint density at radius 2 is 2.30 bits per heavy atom. The molecule has 0 bridgehead atoms. The molecule has 3 rings (SSSR count). The molecule has 0 spiro atoms. The fraction of sp³-hybridized carbons (Fsp3) is 0.133. The van der Waals surface area contributed by atoms with Crippen LogP contribution in [0.1, 0.15) is 16.1 Å². The first-order valence-corrected chi connectivity index (χ1v) is 7.60. The Morgan fingerprint density at radius 1 is 1.48 bits per heavy atom. The number of rotatable bonds is 4. The molecule has 2 aromatic heterocycles. The standard InChI is InChI=1S/C15H13FN4O2S/c1-20-6-10(5-17-20)18-14(22)12-8-23-15(19-12)13-9(7-21)3-2-4-11(13)16/h2-6,8,21H,7H2,1H3,(H,18,22). The Kier molecular flexibility index (Phi) is 4.18. The molecule has 0 atom stereocenters. The maximum absolute atomic E-state index is 14.0. The van der Waals surface area contributed by atoms with E-state index in [2.05, 4.69) is 15.4 Å². The second-order valence-corrected chi connectivity index (χ2v) is 5.68. The van der Waals surface area contributed by atoms with Crippen LogP contribution in [-0.2, 0) is 13.7 Å². The van der Waals surface area contributed by atoms with E-state index in [0.29, 0.717) is 16.3 Å². The molecule has 23 heavy (non-hydrogen) atoms. The first-order valence-electron chi connectivity index (χ1n) is 6.72. The first-order chi connectivity index (χ1) is 11.1. The number of aromatic nitrogens is 3. The predicted molar refractivity (Wildman–Crippen MR) is 84.6 cm³/mol. The van der Waals surface area contributed by atoms with Gasteiger partial charge in [-0.05, 0) is 11.6 Å². The van der Waals surface area contributed by atoms with Crippen LogP contribution in [0.5, 0.6) is 0 Å². The van der Waals surface area contributed by atoms with Gasteiger partial charge >= 0.3 is 0 Å². The SMILES string of the molecule is Cn1cc(NC(=O)c2csc(-c3c(F)cccc3CO)n2)cn1. The van der Waals surface area contributed by atoms with Gasteiger partial charge in [0.05, 0.1) is 24.1 Å². The van der Waals surface area contributed by atoms with Crippen LogP contribution < -0.4 is 5.32 Å². The number of amides is 1. The van der Waals surface area contributed by atoms with Gasteiger partial charge in [0.2, 0.25) is 0 Å². The average Bonchev–Trinajstić information content (AvgIpc) is 3.16. The Labute approximate surface area is 135 Å². The van der Waals surface area contributed by atoms with Gasteiger partial charge < -0.3 is 10.4 Å². The van der Waals surface area contributed by atoms with E-state index in [4.69, 9.17) is 0 Å².